The molecule has 0 aliphatic heterocycles. The molecule has 136 valence electrons. The molecule has 27 heavy (non-hydrogen) atoms. The number of hydrogen-bond acceptors (Lipinski definition) is 4. The normalized spacial score (nSPS) is 12.8. The van der Waals surface area contributed by atoms with Crippen LogP contribution in [-0.4, -0.2) is 10.9 Å². The molecular weight excluding hydrogens is 342 g/mol. The maximum Gasteiger partial charge on any atom is 0.338 e. The van der Waals surface area contributed by atoms with E-state index in [9.17, 15) is 14.9 Å². The summed E-state index contributed by atoms with van der Waals surface area (Å²) in [4.78, 5) is 22.9. The second kappa shape index (κ2) is 8.27. The second-order valence-corrected chi connectivity index (χ2v) is 6.24. The first kappa shape index (κ1) is 18.3. The number of nitro groups is 1. The zero-order chi connectivity index (χ0) is 19.2. The number of ether oxygens (including phenoxy) is 1. The van der Waals surface area contributed by atoms with Gasteiger partial charge in [0.1, 0.15) is 6.10 Å². The highest BCUT2D eigenvalue weighted by molar-refractivity contribution is 5.89. The summed E-state index contributed by atoms with van der Waals surface area (Å²) in [6.07, 6.45) is -0.476. The van der Waals surface area contributed by atoms with Gasteiger partial charge in [0.2, 0.25) is 0 Å². The van der Waals surface area contributed by atoms with Crippen LogP contribution in [0, 0.1) is 10.1 Å². The number of nitrogens with zero attached hydrogens (tertiary/aromatic N) is 1. The van der Waals surface area contributed by atoms with Crippen molar-refractivity contribution in [3.8, 4) is 0 Å². The predicted octanol–water partition coefficient (Wildman–Crippen LogP) is 5.30. The number of benzene rings is 3. The van der Waals surface area contributed by atoms with E-state index in [4.69, 9.17) is 4.74 Å². The highest BCUT2D eigenvalue weighted by Crippen LogP contribution is 2.34. The highest BCUT2D eigenvalue weighted by Gasteiger charge is 2.25. The predicted molar refractivity (Wildman–Crippen MR) is 103 cm³/mol. The van der Waals surface area contributed by atoms with E-state index < -0.39 is 17.0 Å². The molecule has 5 heteroatoms. The van der Waals surface area contributed by atoms with Gasteiger partial charge < -0.3 is 4.74 Å². The number of carbonyl (C=O) groups is 1. The van der Waals surface area contributed by atoms with Crippen molar-refractivity contribution in [1.29, 1.82) is 0 Å². The lowest BCUT2D eigenvalue weighted by molar-refractivity contribution is -0.384. The minimum absolute atomic E-state index is 0.0596. The van der Waals surface area contributed by atoms with Gasteiger partial charge in [0.05, 0.1) is 10.5 Å². The van der Waals surface area contributed by atoms with Crippen LogP contribution in [0.2, 0.25) is 0 Å². The summed E-state index contributed by atoms with van der Waals surface area (Å²) >= 11 is 0. The van der Waals surface area contributed by atoms with Crippen LogP contribution in [0.25, 0.3) is 0 Å². The molecule has 0 fully saturated rings. The van der Waals surface area contributed by atoms with E-state index in [2.05, 4.69) is 0 Å². The van der Waals surface area contributed by atoms with Crippen molar-refractivity contribution in [2.24, 2.45) is 0 Å². The topological polar surface area (TPSA) is 69.4 Å². The van der Waals surface area contributed by atoms with Gasteiger partial charge in [-0.3, -0.25) is 10.1 Å². The first-order valence-corrected chi connectivity index (χ1v) is 8.61. The smallest absolute Gasteiger partial charge is 0.338 e. The van der Waals surface area contributed by atoms with Gasteiger partial charge in [0.15, 0.2) is 0 Å². The van der Waals surface area contributed by atoms with Crippen LogP contribution >= 0.6 is 0 Å². The average molecular weight is 361 g/mol. The van der Waals surface area contributed by atoms with E-state index in [1.807, 2.05) is 67.6 Å². The number of non-ortho nitro benzene ring substituents is 1. The first-order valence-electron chi connectivity index (χ1n) is 8.61. The van der Waals surface area contributed by atoms with E-state index in [-0.39, 0.29) is 17.2 Å². The number of rotatable bonds is 6. The average Bonchev–Trinajstić information content (AvgIpc) is 2.72. The molecule has 2 atom stereocenters. The summed E-state index contributed by atoms with van der Waals surface area (Å²) in [5.74, 6) is -0.572. The first-order chi connectivity index (χ1) is 13.1. The fraction of sp³-hybridized carbons (Fsp3) is 0.136. The molecular formula is C22H19NO4. The summed E-state index contributed by atoms with van der Waals surface area (Å²) in [5.41, 5.74) is 2.16. The van der Waals surface area contributed by atoms with Crippen LogP contribution in [0.5, 0.6) is 0 Å². The SMILES string of the molecule is CC(c1ccccc1)[C@@H](OC(=O)c1ccc([N+](=O)[O-])cc1)c1ccccc1. The van der Waals surface area contributed by atoms with E-state index in [1.54, 1.807) is 0 Å². The summed E-state index contributed by atoms with van der Waals surface area (Å²) in [7, 11) is 0. The highest BCUT2D eigenvalue weighted by atomic mass is 16.6. The minimum Gasteiger partial charge on any atom is -0.453 e. The van der Waals surface area contributed by atoms with Gasteiger partial charge in [-0.2, -0.15) is 0 Å². The van der Waals surface area contributed by atoms with Gasteiger partial charge in [0, 0.05) is 18.1 Å². The standard InChI is InChI=1S/C22H19NO4/c1-16(17-8-4-2-5-9-17)21(18-10-6-3-7-11-18)27-22(24)19-12-14-20(15-13-19)23(25)26/h2-16,21H,1H3/t16?,21-/m1/s1. The molecule has 3 rings (SSSR count). The largest absolute Gasteiger partial charge is 0.453 e. The Morgan fingerprint density at radius 3 is 1.89 bits per heavy atom. The summed E-state index contributed by atoms with van der Waals surface area (Å²) in [6, 6.07) is 24.8. The van der Waals surface area contributed by atoms with Crippen molar-refractivity contribution in [1.82, 2.24) is 0 Å². The third-order valence-corrected chi connectivity index (χ3v) is 4.46. The molecule has 3 aromatic rings. The maximum absolute atomic E-state index is 12.7. The molecule has 0 heterocycles. The van der Waals surface area contributed by atoms with Crippen LogP contribution in [0.3, 0.4) is 0 Å². The molecule has 0 aromatic heterocycles. The van der Waals surface area contributed by atoms with Crippen LogP contribution in [0.4, 0.5) is 5.69 Å². The molecule has 0 aliphatic rings. The molecule has 0 radical (unpaired) electrons. The Balaban J connectivity index is 1.87. The monoisotopic (exact) mass is 361 g/mol. The Labute approximate surface area is 157 Å². The molecule has 0 spiro atoms. The zero-order valence-corrected chi connectivity index (χ0v) is 14.8. The molecule has 0 saturated heterocycles. The Bertz CT molecular complexity index is 908. The maximum atomic E-state index is 12.7. The summed E-state index contributed by atoms with van der Waals surface area (Å²) in [5, 5.41) is 10.8. The fourth-order valence-corrected chi connectivity index (χ4v) is 2.94. The van der Waals surface area contributed by atoms with Crippen LogP contribution in [0.15, 0.2) is 84.9 Å². The third-order valence-electron chi connectivity index (χ3n) is 4.46. The Kier molecular flexibility index (Phi) is 5.61. The van der Waals surface area contributed by atoms with Crippen molar-refractivity contribution in [3.63, 3.8) is 0 Å². The lowest BCUT2D eigenvalue weighted by Gasteiger charge is -2.25. The third kappa shape index (κ3) is 4.39. The second-order valence-electron chi connectivity index (χ2n) is 6.24. The Hall–Kier alpha value is -3.47. The quantitative estimate of drug-likeness (QED) is 0.339. The van der Waals surface area contributed by atoms with Crippen molar-refractivity contribution in [2.45, 2.75) is 18.9 Å². The number of hydrogen-bond donors (Lipinski definition) is 0. The molecule has 1 unspecified atom stereocenters. The fourth-order valence-electron chi connectivity index (χ4n) is 2.94. The van der Waals surface area contributed by atoms with Gasteiger partial charge >= 0.3 is 5.97 Å². The number of esters is 1. The molecule has 0 aliphatic carbocycles. The molecule has 0 bridgehead atoms. The Morgan fingerprint density at radius 1 is 0.852 bits per heavy atom. The minimum atomic E-state index is -0.512. The molecule has 3 aromatic carbocycles. The number of nitro benzene ring substituents is 1. The van der Waals surface area contributed by atoms with Crippen molar-refractivity contribution in [2.75, 3.05) is 0 Å². The zero-order valence-electron chi connectivity index (χ0n) is 14.8. The van der Waals surface area contributed by atoms with Gasteiger partial charge in [-0.25, -0.2) is 4.79 Å². The lowest BCUT2D eigenvalue weighted by Crippen LogP contribution is -2.17. The van der Waals surface area contributed by atoms with Crippen molar-refractivity contribution < 1.29 is 14.5 Å². The van der Waals surface area contributed by atoms with Gasteiger partial charge in [-0.1, -0.05) is 67.6 Å². The Morgan fingerprint density at radius 2 is 1.37 bits per heavy atom. The van der Waals surface area contributed by atoms with Crippen LogP contribution in [-0.2, 0) is 4.74 Å². The molecule has 5 nitrogen and oxygen atoms in total. The van der Waals surface area contributed by atoms with E-state index in [1.165, 1.54) is 24.3 Å². The lowest BCUT2D eigenvalue weighted by atomic mass is 9.90. The number of carbonyl (C=O) groups excluding carboxylic acids is 1. The summed E-state index contributed by atoms with van der Waals surface area (Å²) < 4.78 is 5.83. The molecule has 0 saturated carbocycles. The van der Waals surface area contributed by atoms with E-state index in [0.29, 0.717) is 0 Å². The van der Waals surface area contributed by atoms with E-state index in [0.717, 1.165) is 11.1 Å². The van der Waals surface area contributed by atoms with Gasteiger partial charge in [0.25, 0.3) is 5.69 Å². The van der Waals surface area contributed by atoms with Crippen molar-refractivity contribution in [3.05, 3.63) is 112 Å². The van der Waals surface area contributed by atoms with Gasteiger partial charge in [-0.15, -0.1) is 0 Å². The summed E-state index contributed by atoms with van der Waals surface area (Å²) in [6.45, 7) is 2.01. The van der Waals surface area contributed by atoms with Crippen LogP contribution < -0.4 is 0 Å². The molecule has 0 amide bonds. The van der Waals surface area contributed by atoms with Crippen LogP contribution in [0.1, 0.15) is 40.4 Å². The van der Waals surface area contributed by atoms with Gasteiger partial charge in [-0.05, 0) is 23.3 Å². The van der Waals surface area contributed by atoms with E-state index >= 15 is 0 Å². The molecule has 0 N–H and O–H groups in total. The van der Waals surface area contributed by atoms with Crippen molar-refractivity contribution >= 4 is 11.7 Å².